The minimum atomic E-state index is -0.540. The fraction of sp³-hybridized carbons (Fsp3) is 0.882. The van der Waals surface area contributed by atoms with E-state index in [0.717, 1.165) is 45.1 Å². The van der Waals surface area contributed by atoms with E-state index in [2.05, 4.69) is 12.2 Å². The summed E-state index contributed by atoms with van der Waals surface area (Å²) >= 11 is 0. The first-order chi connectivity index (χ1) is 10.3. The van der Waals surface area contributed by atoms with Gasteiger partial charge < -0.3 is 15.0 Å². The Morgan fingerprint density at radius 3 is 2.27 bits per heavy atom. The molecule has 0 radical (unpaired) electrons. The van der Waals surface area contributed by atoms with E-state index in [0.29, 0.717) is 0 Å². The lowest BCUT2D eigenvalue weighted by atomic mass is 9.85. The second kappa shape index (κ2) is 6.88. The predicted octanol–water partition coefficient (Wildman–Crippen LogP) is 3.08. The summed E-state index contributed by atoms with van der Waals surface area (Å²) in [6.45, 7) is 8.79. The van der Waals surface area contributed by atoms with Gasteiger partial charge in [-0.2, -0.15) is 0 Å². The van der Waals surface area contributed by atoms with Crippen molar-refractivity contribution >= 4 is 12.0 Å². The van der Waals surface area contributed by atoms with Crippen LogP contribution in [-0.4, -0.2) is 41.6 Å². The molecule has 2 fully saturated rings. The van der Waals surface area contributed by atoms with Crippen LogP contribution in [0.4, 0.5) is 4.79 Å². The zero-order valence-corrected chi connectivity index (χ0v) is 14.4. The Labute approximate surface area is 133 Å². The van der Waals surface area contributed by atoms with Crippen LogP contribution < -0.4 is 5.32 Å². The Hall–Kier alpha value is -1.26. The highest BCUT2D eigenvalue weighted by molar-refractivity contribution is 5.87. The van der Waals surface area contributed by atoms with E-state index in [9.17, 15) is 9.59 Å². The monoisotopic (exact) mass is 310 g/mol. The third-order valence-corrected chi connectivity index (χ3v) is 4.79. The van der Waals surface area contributed by atoms with Gasteiger partial charge in [-0.1, -0.05) is 20.8 Å². The van der Waals surface area contributed by atoms with Gasteiger partial charge in [0.1, 0.15) is 12.1 Å². The number of likely N-dealkylation sites (tertiary alicyclic amines) is 1. The van der Waals surface area contributed by atoms with Gasteiger partial charge in [-0.05, 0) is 50.9 Å². The third kappa shape index (κ3) is 4.14. The quantitative estimate of drug-likeness (QED) is 0.871. The Kier molecular flexibility index (Phi) is 5.35. The molecule has 2 atom stereocenters. The van der Waals surface area contributed by atoms with Gasteiger partial charge in [0.2, 0.25) is 5.91 Å². The summed E-state index contributed by atoms with van der Waals surface area (Å²) in [4.78, 5) is 26.9. The van der Waals surface area contributed by atoms with E-state index in [-0.39, 0.29) is 23.5 Å². The fourth-order valence-corrected chi connectivity index (χ4v) is 3.38. The molecule has 1 N–H and O–H groups in total. The van der Waals surface area contributed by atoms with Crippen molar-refractivity contribution in [3.63, 3.8) is 0 Å². The second-order valence-electron chi connectivity index (χ2n) is 7.78. The zero-order chi connectivity index (χ0) is 16.3. The van der Waals surface area contributed by atoms with E-state index >= 15 is 0 Å². The van der Waals surface area contributed by atoms with Crippen LogP contribution in [0.5, 0.6) is 0 Å². The van der Waals surface area contributed by atoms with Crippen molar-refractivity contribution in [2.45, 2.75) is 84.4 Å². The molecule has 5 nitrogen and oxygen atoms in total. The molecule has 2 aliphatic rings. The third-order valence-electron chi connectivity index (χ3n) is 4.79. The molecule has 1 saturated carbocycles. The summed E-state index contributed by atoms with van der Waals surface area (Å²) in [5.74, 6) is 0.0147. The van der Waals surface area contributed by atoms with Gasteiger partial charge in [-0.25, -0.2) is 4.79 Å². The van der Waals surface area contributed by atoms with Crippen molar-refractivity contribution < 1.29 is 14.3 Å². The molecule has 2 unspecified atom stereocenters. The number of carbonyl (C=O) groups excluding carboxylic acids is 2. The zero-order valence-electron chi connectivity index (χ0n) is 14.4. The molecule has 5 heteroatoms. The molecule has 2 rings (SSSR count). The number of rotatable bonds is 3. The summed E-state index contributed by atoms with van der Waals surface area (Å²) in [6, 6.07) is -0.285. The highest BCUT2D eigenvalue weighted by Crippen LogP contribution is 2.26. The molecule has 1 heterocycles. The maximum absolute atomic E-state index is 12.8. The first-order valence-electron chi connectivity index (χ1n) is 8.56. The minimum Gasteiger partial charge on any atom is -0.446 e. The van der Waals surface area contributed by atoms with E-state index in [1.54, 1.807) is 0 Å². The van der Waals surface area contributed by atoms with Gasteiger partial charge >= 0.3 is 6.09 Å². The van der Waals surface area contributed by atoms with Crippen LogP contribution in [0, 0.1) is 5.41 Å². The summed E-state index contributed by atoms with van der Waals surface area (Å²) in [5.41, 5.74) is -0.339. The van der Waals surface area contributed by atoms with Crippen molar-refractivity contribution in [2.75, 3.05) is 6.54 Å². The standard InChI is InChI=1S/C17H30N2O3/c1-12-8-7-11-19(12)15(20)14(17(2,3)4)18-16(21)22-13-9-5-6-10-13/h12-14H,5-11H2,1-4H3,(H,18,21). The Bertz CT molecular complexity index is 411. The molecular weight excluding hydrogens is 280 g/mol. The summed E-state index contributed by atoms with van der Waals surface area (Å²) in [5, 5.41) is 2.83. The molecular formula is C17H30N2O3. The SMILES string of the molecule is CC1CCCN1C(=O)C(NC(=O)OC1CCCC1)C(C)(C)C. The number of alkyl carbamates (subject to hydrolysis) is 1. The normalized spacial score (nSPS) is 24.4. The smallest absolute Gasteiger partial charge is 0.408 e. The van der Waals surface area contributed by atoms with Gasteiger partial charge in [0.15, 0.2) is 0 Å². The van der Waals surface area contributed by atoms with E-state index in [4.69, 9.17) is 4.74 Å². The average molecular weight is 310 g/mol. The average Bonchev–Trinajstić information content (AvgIpc) is 3.05. The Balaban J connectivity index is 1.99. The topological polar surface area (TPSA) is 58.6 Å². The van der Waals surface area contributed by atoms with Crippen molar-refractivity contribution in [3.8, 4) is 0 Å². The first-order valence-corrected chi connectivity index (χ1v) is 8.56. The maximum Gasteiger partial charge on any atom is 0.408 e. The molecule has 0 aromatic carbocycles. The summed E-state index contributed by atoms with van der Waals surface area (Å²) < 4.78 is 5.46. The number of carbonyl (C=O) groups is 2. The molecule has 0 spiro atoms. The van der Waals surface area contributed by atoms with Crippen LogP contribution in [0.15, 0.2) is 0 Å². The van der Waals surface area contributed by atoms with Gasteiger partial charge in [0.05, 0.1) is 0 Å². The maximum atomic E-state index is 12.8. The van der Waals surface area contributed by atoms with Crippen LogP contribution >= 0.6 is 0 Å². The van der Waals surface area contributed by atoms with Crippen LogP contribution in [0.3, 0.4) is 0 Å². The van der Waals surface area contributed by atoms with Crippen molar-refractivity contribution in [2.24, 2.45) is 5.41 Å². The number of ether oxygens (including phenoxy) is 1. The first kappa shape index (κ1) is 17.1. The molecule has 1 aliphatic heterocycles. The van der Waals surface area contributed by atoms with Crippen LogP contribution in [0.25, 0.3) is 0 Å². The molecule has 22 heavy (non-hydrogen) atoms. The molecule has 0 aromatic rings. The van der Waals surface area contributed by atoms with Gasteiger partial charge in [-0.3, -0.25) is 4.79 Å². The Morgan fingerprint density at radius 1 is 1.14 bits per heavy atom. The number of hydrogen-bond acceptors (Lipinski definition) is 3. The van der Waals surface area contributed by atoms with Crippen LogP contribution in [-0.2, 0) is 9.53 Å². The van der Waals surface area contributed by atoms with E-state index < -0.39 is 12.1 Å². The molecule has 1 saturated heterocycles. The summed E-state index contributed by atoms with van der Waals surface area (Å²) in [7, 11) is 0. The van der Waals surface area contributed by atoms with Gasteiger partial charge in [0.25, 0.3) is 0 Å². The van der Waals surface area contributed by atoms with Crippen molar-refractivity contribution in [1.82, 2.24) is 10.2 Å². The molecule has 0 aromatic heterocycles. The lowest BCUT2D eigenvalue weighted by Gasteiger charge is -2.35. The number of amides is 2. The molecule has 126 valence electrons. The molecule has 0 bridgehead atoms. The fourth-order valence-electron chi connectivity index (χ4n) is 3.38. The van der Waals surface area contributed by atoms with Crippen molar-refractivity contribution in [3.05, 3.63) is 0 Å². The predicted molar refractivity (Wildman–Crippen MR) is 85.5 cm³/mol. The van der Waals surface area contributed by atoms with Crippen LogP contribution in [0.2, 0.25) is 0 Å². The highest BCUT2D eigenvalue weighted by atomic mass is 16.6. The molecule has 2 amide bonds. The lowest BCUT2D eigenvalue weighted by Crippen LogP contribution is -2.55. The van der Waals surface area contributed by atoms with Gasteiger partial charge in [-0.15, -0.1) is 0 Å². The summed E-state index contributed by atoms with van der Waals surface area (Å²) in [6.07, 6.45) is 5.74. The van der Waals surface area contributed by atoms with E-state index in [1.165, 1.54) is 0 Å². The molecule has 1 aliphatic carbocycles. The van der Waals surface area contributed by atoms with Gasteiger partial charge in [0, 0.05) is 12.6 Å². The minimum absolute atomic E-state index is 0.0147. The largest absolute Gasteiger partial charge is 0.446 e. The van der Waals surface area contributed by atoms with Crippen LogP contribution in [0.1, 0.15) is 66.2 Å². The lowest BCUT2D eigenvalue weighted by molar-refractivity contribution is -0.136. The van der Waals surface area contributed by atoms with E-state index in [1.807, 2.05) is 25.7 Å². The second-order valence-corrected chi connectivity index (χ2v) is 7.78. The highest BCUT2D eigenvalue weighted by Gasteiger charge is 2.39. The Morgan fingerprint density at radius 2 is 1.77 bits per heavy atom. The number of nitrogens with zero attached hydrogens (tertiary/aromatic N) is 1. The number of hydrogen-bond donors (Lipinski definition) is 1. The number of nitrogens with one attached hydrogen (secondary N) is 1. The van der Waals surface area contributed by atoms with Crippen molar-refractivity contribution in [1.29, 1.82) is 0 Å².